The summed E-state index contributed by atoms with van der Waals surface area (Å²) in [6.07, 6.45) is 7.35. The number of hydrogen-bond donors (Lipinski definition) is 0. The molecule has 0 saturated heterocycles. The second-order valence-corrected chi connectivity index (χ2v) is 5.46. The Hall–Kier alpha value is -1.83. The van der Waals surface area contributed by atoms with Crippen molar-refractivity contribution in [3.8, 4) is 0 Å². The molecule has 0 aliphatic heterocycles. The van der Waals surface area contributed by atoms with Crippen LogP contribution < -0.4 is 5.56 Å². The van der Waals surface area contributed by atoms with E-state index < -0.39 is 0 Å². The maximum absolute atomic E-state index is 12.8. The van der Waals surface area contributed by atoms with Crippen LogP contribution in [0.25, 0.3) is 10.9 Å². The van der Waals surface area contributed by atoms with Crippen molar-refractivity contribution < 1.29 is 0 Å². The van der Waals surface area contributed by atoms with Gasteiger partial charge in [0.05, 0.1) is 5.52 Å². The van der Waals surface area contributed by atoms with Gasteiger partial charge in [-0.2, -0.15) is 0 Å². The van der Waals surface area contributed by atoms with E-state index in [9.17, 15) is 4.79 Å². The van der Waals surface area contributed by atoms with Crippen LogP contribution in [0.15, 0.2) is 47.3 Å². The molecular weight excluding hydrogens is 258 g/mol. The Morgan fingerprint density at radius 3 is 2.67 bits per heavy atom. The lowest BCUT2D eigenvalue weighted by molar-refractivity contribution is 0.597. The molecule has 1 aromatic carbocycles. The van der Waals surface area contributed by atoms with Crippen LogP contribution in [-0.4, -0.2) is 4.57 Å². The zero-order valence-electron chi connectivity index (χ0n) is 13.3. The van der Waals surface area contributed by atoms with Crippen molar-refractivity contribution in [3.05, 3.63) is 58.4 Å². The van der Waals surface area contributed by atoms with Crippen LogP contribution in [0.5, 0.6) is 0 Å². The molecule has 1 heterocycles. The fraction of sp³-hybridized carbons (Fsp3) is 0.421. The first-order chi connectivity index (χ1) is 10.2. The van der Waals surface area contributed by atoms with Crippen molar-refractivity contribution in [2.24, 2.45) is 0 Å². The van der Waals surface area contributed by atoms with E-state index in [1.807, 2.05) is 36.6 Å². The zero-order chi connectivity index (χ0) is 15.2. The summed E-state index contributed by atoms with van der Waals surface area (Å²) in [5.74, 6) is 0.344. The molecule has 0 N–H and O–H groups in total. The maximum atomic E-state index is 12.8. The summed E-state index contributed by atoms with van der Waals surface area (Å²) >= 11 is 0. The van der Waals surface area contributed by atoms with Gasteiger partial charge in [0.1, 0.15) is 0 Å². The molecule has 0 amide bonds. The van der Waals surface area contributed by atoms with Gasteiger partial charge in [0.2, 0.25) is 0 Å². The number of aryl methyl sites for hydroxylation is 1. The third kappa shape index (κ3) is 3.26. The molecule has 1 unspecified atom stereocenters. The predicted octanol–water partition coefficient (Wildman–Crippen LogP) is 4.87. The molecule has 2 heteroatoms. The molecular formula is C19H25NO. The number of benzene rings is 1. The minimum Gasteiger partial charge on any atom is -0.308 e. The first-order valence-electron chi connectivity index (χ1n) is 7.96. The van der Waals surface area contributed by atoms with Crippen molar-refractivity contribution in [1.82, 2.24) is 4.57 Å². The topological polar surface area (TPSA) is 22.0 Å². The van der Waals surface area contributed by atoms with Crippen molar-refractivity contribution >= 4 is 10.9 Å². The molecule has 0 spiro atoms. The molecule has 2 rings (SSSR count). The van der Waals surface area contributed by atoms with Gasteiger partial charge in [0.25, 0.3) is 5.56 Å². The molecule has 0 fully saturated rings. The fourth-order valence-electron chi connectivity index (χ4n) is 3.00. The molecule has 0 aliphatic rings. The monoisotopic (exact) mass is 283 g/mol. The highest BCUT2D eigenvalue weighted by Crippen LogP contribution is 2.25. The van der Waals surface area contributed by atoms with Gasteiger partial charge < -0.3 is 4.57 Å². The van der Waals surface area contributed by atoms with Crippen molar-refractivity contribution in [2.45, 2.75) is 52.5 Å². The van der Waals surface area contributed by atoms with Crippen LogP contribution in [0.1, 0.15) is 51.5 Å². The number of aromatic nitrogens is 1. The highest BCUT2D eigenvalue weighted by atomic mass is 16.1. The smallest absolute Gasteiger partial charge is 0.254 e. The van der Waals surface area contributed by atoms with Gasteiger partial charge in [-0.05, 0) is 56.5 Å². The van der Waals surface area contributed by atoms with E-state index in [4.69, 9.17) is 0 Å². The SMILES string of the molecule is CC=CCCC(CC)c1cc2ccccc2n(CC)c1=O. The second-order valence-electron chi connectivity index (χ2n) is 5.46. The van der Waals surface area contributed by atoms with Crippen molar-refractivity contribution in [1.29, 1.82) is 0 Å². The Bertz CT molecular complexity index is 682. The summed E-state index contributed by atoms with van der Waals surface area (Å²) in [6.45, 7) is 6.98. The number of pyridine rings is 1. The third-order valence-electron chi connectivity index (χ3n) is 4.20. The largest absolute Gasteiger partial charge is 0.308 e. The second kappa shape index (κ2) is 7.26. The summed E-state index contributed by atoms with van der Waals surface area (Å²) < 4.78 is 1.91. The van der Waals surface area contributed by atoms with Crippen LogP contribution in [-0.2, 0) is 6.54 Å². The lowest BCUT2D eigenvalue weighted by Gasteiger charge is -2.17. The maximum Gasteiger partial charge on any atom is 0.254 e. The Morgan fingerprint density at radius 2 is 2.00 bits per heavy atom. The summed E-state index contributed by atoms with van der Waals surface area (Å²) in [5, 5.41) is 1.17. The molecule has 1 atom stereocenters. The van der Waals surface area contributed by atoms with Gasteiger partial charge in [-0.3, -0.25) is 4.79 Å². The molecule has 1 aromatic heterocycles. The Labute approximate surface area is 127 Å². The van der Waals surface area contributed by atoms with Gasteiger partial charge in [0.15, 0.2) is 0 Å². The summed E-state index contributed by atoms with van der Waals surface area (Å²) in [6, 6.07) is 10.3. The average Bonchev–Trinajstić information content (AvgIpc) is 2.51. The third-order valence-corrected chi connectivity index (χ3v) is 4.20. The highest BCUT2D eigenvalue weighted by Gasteiger charge is 2.16. The first kappa shape index (κ1) is 15.6. The molecule has 2 aromatic rings. The van der Waals surface area contributed by atoms with Crippen LogP contribution in [0.4, 0.5) is 0 Å². The molecule has 0 bridgehead atoms. The van der Waals surface area contributed by atoms with Gasteiger partial charge in [0, 0.05) is 12.1 Å². The lowest BCUT2D eigenvalue weighted by atomic mass is 9.91. The van der Waals surface area contributed by atoms with Gasteiger partial charge >= 0.3 is 0 Å². The quantitative estimate of drug-likeness (QED) is 0.693. The molecule has 2 nitrogen and oxygen atoms in total. The van der Waals surface area contributed by atoms with Crippen LogP contribution in [0, 0.1) is 0 Å². The molecule has 0 aliphatic carbocycles. The number of rotatable bonds is 6. The van der Waals surface area contributed by atoms with E-state index >= 15 is 0 Å². The summed E-state index contributed by atoms with van der Waals surface area (Å²) in [5.41, 5.74) is 2.20. The van der Waals surface area contributed by atoms with Crippen LogP contribution in [0.2, 0.25) is 0 Å². The van der Waals surface area contributed by atoms with E-state index in [0.717, 1.165) is 36.9 Å². The summed E-state index contributed by atoms with van der Waals surface area (Å²) in [4.78, 5) is 12.8. The fourth-order valence-corrected chi connectivity index (χ4v) is 3.00. The van der Waals surface area contributed by atoms with Gasteiger partial charge in [-0.25, -0.2) is 0 Å². The van der Waals surface area contributed by atoms with E-state index in [2.05, 4.69) is 31.2 Å². The number of allylic oxidation sites excluding steroid dienone is 2. The molecule has 21 heavy (non-hydrogen) atoms. The standard InChI is InChI=1S/C19H25NO/c1-4-7-8-11-15(5-2)17-14-16-12-9-10-13-18(16)20(6-3)19(17)21/h4,7,9-10,12-15H,5-6,8,11H2,1-3H3. The Kier molecular flexibility index (Phi) is 5.38. The van der Waals surface area contributed by atoms with E-state index in [0.29, 0.717) is 5.92 Å². The summed E-state index contributed by atoms with van der Waals surface area (Å²) in [7, 11) is 0. The first-order valence-corrected chi connectivity index (χ1v) is 7.96. The Morgan fingerprint density at radius 1 is 1.24 bits per heavy atom. The van der Waals surface area contributed by atoms with Crippen LogP contribution in [0.3, 0.4) is 0 Å². The zero-order valence-corrected chi connectivity index (χ0v) is 13.3. The Balaban J connectivity index is 2.52. The van der Waals surface area contributed by atoms with Gasteiger partial charge in [-0.1, -0.05) is 37.3 Å². The molecule has 112 valence electrons. The number of para-hydroxylation sites is 1. The highest BCUT2D eigenvalue weighted by molar-refractivity contribution is 5.79. The van der Waals surface area contributed by atoms with Crippen molar-refractivity contribution in [3.63, 3.8) is 0 Å². The minimum atomic E-state index is 0.184. The van der Waals surface area contributed by atoms with E-state index in [-0.39, 0.29) is 5.56 Å². The minimum absolute atomic E-state index is 0.184. The molecule has 0 saturated carbocycles. The number of hydrogen-bond acceptors (Lipinski definition) is 1. The van der Waals surface area contributed by atoms with Crippen molar-refractivity contribution in [2.75, 3.05) is 0 Å². The van der Waals surface area contributed by atoms with E-state index in [1.165, 1.54) is 5.39 Å². The lowest BCUT2D eigenvalue weighted by Crippen LogP contribution is -2.25. The normalized spacial score (nSPS) is 13.1. The van der Waals surface area contributed by atoms with E-state index in [1.54, 1.807) is 0 Å². The number of nitrogens with zero attached hydrogens (tertiary/aromatic N) is 1. The predicted molar refractivity (Wildman–Crippen MR) is 91.0 cm³/mol. The van der Waals surface area contributed by atoms with Crippen LogP contribution >= 0.6 is 0 Å². The molecule has 0 radical (unpaired) electrons. The average molecular weight is 283 g/mol. The number of fused-ring (bicyclic) bond motifs is 1. The van der Waals surface area contributed by atoms with Gasteiger partial charge in [-0.15, -0.1) is 0 Å².